The van der Waals surface area contributed by atoms with Gasteiger partial charge in [0.2, 0.25) is 0 Å². The van der Waals surface area contributed by atoms with E-state index in [1.165, 1.54) is 0 Å². The molecule has 0 radical (unpaired) electrons. The number of ether oxygens (including phenoxy) is 1. The molecule has 0 atom stereocenters. The van der Waals surface area contributed by atoms with Crippen molar-refractivity contribution in [1.82, 2.24) is 14.9 Å². The Morgan fingerprint density at radius 3 is 2.80 bits per heavy atom. The molecule has 0 aliphatic carbocycles. The standard InChI is InChI=1S/C19H20N4O2/c24-18-6-5-15(11-14(18)12-23-7-9-25-10-8-23)22-19-16-3-1-2-4-17(16)20-13-21-19/h1-6,11,13,24H,7-10,12H2,(H,20,21,22). The number of hydrogen-bond donors (Lipinski definition) is 2. The highest BCUT2D eigenvalue weighted by Gasteiger charge is 2.13. The molecule has 1 aliphatic heterocycles. The minimum atomic E-state index is 0.310. The molecule has 0 saturated carbocycles. The van der Waals surface area contributed by atoms with Crippen LogP contribution in [0.5, 0.6) is 5.75 Å². The molecule has 0 amide bonds. The van der Waals surface area contributed by atoms with Gasteiger partial charge in [0.1, 0.15) is 17.9 Å². The Bertz CT molecular complexity index is 873. The minimum absolute atomic E-state index is 0.310. The average molecular weight is 336 g/mol. The molecule has 0 unspecified atom stereocenters. The SMILES string of the molecule is Oc1ccc(Nc2ncnc3ccccc23)cc1CN1CCOCC1. The fourth-order valence-electron chi connectivity index (χ4n) is 3.03. The van der Waals surface area contributed by atoms with Crippen LogP contribution in [0.25, 0.3) is 10.9 Å². The summed E-state index contributed by atoms with van der Waals surface area (Å²) in [5, 5.41) is 14.5. The summed E-state index contributed by atoms with van der Waals surface area (Å²) in [6, 6.07) is 13.4. The largest absolute Gasteiger partial charge is 0.508 e. The molecule has 6 nitrogen and oxygen atoms in total. The fraction of sp³-hybridized carbons (Fsp3) is 0.263. The third-order valence-electron chi connectivity index (χ3n) is 4.38. The highest BCUT2D eigenvalue weighted by atomic mass is 16.5. The van der Waals surface area contributed by atoms with Crippen molar-refractivity contribution >= 4 is 22.4 Å². The van der Waals surface area contributed by atoms with Gasteiger partial charge in [-0.3, -0.25) is 4.90 Å². The van der Waals surface area contributed by atoms with E-state index in [-0.39, 0.29) is 0 Å². The van der Waals surface area contributed by atoms with Crippen LogP contribution in [0, 0.1) is 0 Å². The molecule has 1 aromatic heterocycles. The number of para-hydroxylation sites is 1. The van der Waals surface area contributed by atoms with E-state index < -0.39 is 0 Å². The van der Waals surface area contributed by atoms with Crippen molar-refractivity contribution < 1.29 is 9.84 Å². The molecule has 3 aromatic rings. The molecule has 2 N–H and O–H groups in total. The molecule has 1 aliphatic rings. The number of anilines is 2. The Kier molecular flexibility index (Phi) is 4.45. The highest BCUT2D eigenvalue weighted by Crippen LogP contribution is 2.27. The topological polar surface area (TPSA) is 70.5 Å². The van der Waals surface area contributed by atoms with Gasteiger partial charge >= 0.3 is 0 Å². The zero-order chi connectivity index (χ0) is 17.1. The van der Waals surface area contributed by atoms with Crippen molar-refractivity contribution in [1.29, 1.82) is 0 Å². The summed E-state index contributed by atoms with van der Waals surface area (Å²) in [7, 11) is 0. The summed E-state index contributed by atoms with van der Waals surface area (Å²) in [4.78, 5) is 10.9. The van der Waals surface area contributed by atoms with Gasteiger partial charge in [-0.25, -0.2) is 9.97 Å². The second-order valence-corrected chi connectivity index (χ2v) is 6.10. The maximum atomic E-state index is 10.2. The van der Waals surface area contributed by atoms with Crippen LogP contribution in [0.1, 0.15) is 5.56 Å². The lowest BCUT2D eigenvalue weighted by Gasteiger charge is -2.27. The second kappa shape index (κ2) is 7.04. The monoisotopic (exact) mass is 336 g/mol. The lowest BCUT2D eigenvalue weighted by Crippen LogP contribution is -2.35. The lowest BCUT2D eigenvalue weighted by atomic mass is 10.1. The molecule has 0 spiro atoms. The van der Waals surface area contributed by atoms with E-state index >= 15 is 0 Å². The number of morpholine rings is 1. The number of aromatic nitrogens is 2. The Labute approximate surface area is 146 Å². The van der Waals surface area contributed by atoms with Gasteiger partial charge in [-0.15, -0.1) is 0 Å². The molecule has 4 rings (SSSR count). The van der Waals surface area contributed by atoms with Crippen LogP contribution in [0.4, 0.5) is 11.5 Å². The van der Waals surface area contributed by atoms with E-state index in [9.17, 15) is 5.11 Å². The van der Waals surface area contributed by atoms with Gasteiger partial charge in [0, 0.05) is 36.3 Å². The van der Waals surface area contributed by atoms with Gasteiger partial charge in [0.25, 0.3) is 0 Å². The number of aromatic hydroxyl groups is 1. The summed E-state index contributed by atoms with van der Waals surface area (Å²) in [6.07, 6.45) is 1.56. The van der Waals surface area contributed by atoms with Crippen LogP contribution in [-0.4, -0.2) is 46.3 Å². The van der Waals surface area contributed by atoms with Gasteiger partial charge < -0.3 is 15.2 Å². The van der Waals surface area contributed by atoms with Gasteiger partial charge in [0.15, 0.2) is 0 Å². The second-order valence-electron chi connectivity index (χ2n) is 6.10. The van der Waals surface area contributed by atoms with Gasteiger partial charge in [-0.05, 0) is 30.3 Å². The third kappa shape index (κ3) is 3.55. The Balaban J connectivity index is 1.59. The van der Waals surface area contributed by atoms with E-state index in [0.717, 1.165) is 54.3 Å². The molecular weight excluding hydrogens is 316 g/mol. The molecular formula is C19H20N4O2. The quantitative estimate of drug-likeness (QED) is 0.714. The smallest absolute Gasteiger partial charge is 0.141 e. The zero-order valence-electron chi connectivity index (χ0n) is 13.9. The van der Waals surface area contributed by atoms with Crippen molar-refractivity contribution in [3.05, 3.63) is 54.4 Å². The number of phenols is 1. The number of hydrogen-bond acceptors (Lipinski definition) is 6. The first-order valence-corrected chi connectivity index (χ1v) is 8.38. The number of fused-ring (bicyclic) bond motifs is 1. The first kappa shape index (κ1) is 15.8. The number of rotatable bonds is 4. The van der Waals surface area contributed by atoms with Crippen LogP contribution in [0.2, 0.25) is 0 Å². The first-order chi connectivity index (χ1) is 12.3. The number of benzene rings is 2. The first-order valence-electron chi connectivity index (χ1n) is 8.38. The van der Waals surface area contributed by atoms with Gasteiger partial charge in [-0.1, -0.05) is 12.1 Å². The van der Waals surface area contributed by atoms with Crippen LogP contribution < -0.4 is 5.32 Å². The number of nitrogens with zero attached hydrogens (tertiary/aromatic N) is 3. The maximum absolute atomic E-state index is 10.2. The minimum Gasteiger partial charge on any atom is -0.508 e. The fourth-order valence-corrected chi connectivity index (χ4v) is 3.03. The number of phenolic OH excluding ortho intramolecular Hbond substituents is 1. The van der Waals surface area contributed by atoms with Crippen molar-refractivity contribution in [2.75, 3.05) is 31.6 Å². The number of nitrogens with one attached hydrogen (secondary N) is 1. The molecule has 2 heterocycles. The third-order valence-corrected chi connectivity index (χ3v) is 4.38. The van der Waals surface area contributed by atoms with Crippen molar-refractivity contribution in [2.45, 2.75) is 6.54 Å². The molecule has 6 heteroatoms. The molecule has 1 saturated heterocycles. The zero-order valence-corrected chi connectivity index (χ0v) is 13.9. The molecule has 25 heavy (non-hydrogen) atoms. The van der Waals surface area contributed by atoms with Crippen molar-refractivity contribution in [3.8, 4) is 5.75 Å². The van der Waals surface area contributed by atoms with Crippen LogP contribution in [0.15, 0.2) is 48.8 Å². The summed E-state index contributed by atoms with van der Waals surface area (Å²) in [5.74, 6) is 1.07. The highest BCUT2D eigenvalue weighted by molar-refractivity contribution is 5.90. The molecule has 1 fully saturated rings. The summed E-state index contributed by atoms with van der Waals surface area (Å²) in [6.45, 7) is 3.95. The predicted molar refractivity (Wildman–Crippen MR) is 97.0 cm³/mol. The van der Waals surface area contributed by atoms with Crippen LogP contribution >= 0.6 is 0 Å². The van der Waals surface area contributed by atoms with E-state index in [0.29, 0.717) is 12.3 Å². The predicted octanol–water partition coefficient (Wildman–Crippen LogP) is 2.91. The van der Waals surface area contributed by atoms with E-state index in [4.69, 9.17) is 4.74 Å². The molecule has 0 bridgehead atoms. The van der Waals surface area contributed by atoms with Gasteiger partial charge in [-0.2, -0.15) is 0 Å². The van der Waals surface area contributed by atoms with Crippen molar-refractivity contribution in [2.24, 2.45) is 0 Å². The normalized spacial score (nSPS) is 15.4. The summed E-state index contributed by atoms with van der Waals surface area (Å²) >= 11 is 0. The summed E-state index contributed by atoms with van der Waals surface area (Å²) in [5.41, 5.74) is 2.68. The van der Waals surface area contributed by atoms with E-state index in [1.54, 1.807) is 12.4 Å². The Morgan fingerprint density at radius 2 is 1.92 bits per heavy atom. The van der Waals surface area contributed by atoms with Crippen LogP contribution in [0.3, 0.4) is 0 Å². The maximum Gasteiger partial charge on any atom is 0.141 e. The van der Waals surface area contributed by atoms with E-state index in [1.807, 2.05) is 36.4 Å². The molecule has 128 valence electrons. The van der Waals surface area contributed by atoms with Gasteiger partial charge in [0.05, 0.1) is 18.7 Å². The average Bonchev–Trinajstić information content (AvgIpc) is 2.66. The summed E-state index contributed by atoms with van der Waals surface area (Å²) < 4.78 is 5.38. The molecule has 2 aromatic carbocycles. The Morgan fingerprint density at radius 1 is 1.08 bits per heavy atom. The lowest BCUT2D eigenvalue weighted by molar-refractivity contribution is 0.0339. The van der Waals surface area contributed by atoms with Crippen molar-refractivity contribution in [3.63, 3.8) is 0 Å². The van der Waals surface area contributed by atoms with Crippen LogP contribution in [-0.2, 0) is 11.3 Å². The Hall–Kier alpha value is -2.70. The van der Waals surface area contributed by atoms with E-state index in [2.05, 4.69) is 20.2 Å².